The molecule has 1 heterocycles. The Morgan fingerprint density at radius 1 is 1.50 bits per heavy atom. The van der Waals surface area contributed by atoms with Crippen molar-refractivity contribution in [3.8, 4) is 5.88 Å². The molecule has 0 aliphatic carbocycles. The highest BCUT2D eigenvalue weighted by Gasteiger charge is 2.03. The molecular weight excluding hydrogens is 202 g/mol. The Kier molecular flexibility index (Phi) is 4.46. The molecule has 0 aliphatic heterocycles. The largest absolute Gasteiger partial charge is 0.477 e. The van der Waals surface area contributed by atoms with Crippen LogP contribution in [0.25, 0.3) is 0 Å². The maximum atomic E-state index is 5.63. The molecule has 0 fully saturated rings. The predicted molar refractivity (Wildman–Crippen MR) is 57.2 cm³/mol. The van der Waals surface area contributed by atoms with Crippen LogP contribution in [0, 0.1) is 0 Å². The minimum Gasteiger partial charge on any atom is -0.477 e. The standard InChI is InChI=1S/C9H14ClN3O/c1-3-14-9-7-11-6-8(12-9)13(2)5-4-10/h6-7H,3-5H2,1-2H3. The van der Waals surface area contributed by atoms with Gasteiger partial charge in [-0.2, -0.15) is 4.98 Å². The van der Waals surface area contributed by atoms with Crippen LogP contribution in [0.4, 0.5) is 5.82 Å². The first-order valence-electron chi connectivity index (χ1n) is 4.50. The summed E-state index contributed by atoms with van der Waals surface area (Å²) in [6, 6.07) is 0. The van der Waals surface area contributed by atoms with E-state index >= 15 is 0 Å². The second-order valence-electron chi connectivity index (χ2n) is 2.76. The van der Waals surface area contributed by atoms with Crippen LogP contribution in [0.5, 0.6) is 5.88 Å². The van der Waals surface area contributed by atoms with Gasteiger partial charge in [-0.3, -0.25) is 4.98 Å². The molecule has 1 aromatic rings. The summed E-state index contributed by atoms with van der Waals surface area (Å²) in [4.78, 5) is 10.2. The number of halogens is 1. The number of hydrogen-bond acceptors (Lipinski definition) is 4. The Morgan fingerprint density at radius 3 is 2.93 bits per heavy atom. The van der Waals surface area contributed by atoms with Gasteiger partial charge < -0.3 is 9.64 Å². The lowest BCUT2D eigenvalue weighted by Crippen LogP contribution is -2.21. The van der Waals surface area contributed by atoms with E-state index in [1.165, 1.54) is 0 Å². The molecule has 0 aromatic carbocycles. The van der Waals surface area contributed by atoms with Gasteiger partial charge in [-0.1, -0.05) is 0 Å². The van der Waals surface area contributed by atoms with Crippen molar-refractivity contribution in [3.63, 3.8) is 0 Å². The van der Waals surface area contributed by atoms with Crippen LogP contribution in [-0.2, 0) is 0 Å². The van der Waals surface area contributed by atoms with Gasteiger partial charge in [0, 0.05) is 19.5 Å². The molecule has 1 aromatic heterocycles. The van der Waals surface area contributed by atoms with E-state index in [9.17, 15) is 0 Å². The second kappa shape index (κ2) is 5.65. The SMILES string of the molecule is CCOc1cncc(N(C)CCCl)n1. The molecule has 0 saturated carbocycles. The lowest BCUT2D eigenvalue weighted by atomic mass is 10.5. The summed E-state index contributed by atoms with van der Waals surface area (Å²) in [5.41, 5.74) is 0. The van der Waals surface area contributed by atoms with Gasteiger partial charge in [0.15, 0.2) is 5.82 Å². The lowest BCUT2D eigenvalue weighted by molar-refractivity contribution is 0.325. The van der Waals surface area contributed by atoms with E-state index in [0.717, 1.165) is 12.4 Å². The monoisotopic (exact) mass is 215 g/mol. The first-order chi connectivity index (χ1) is 6.77. The third-order valence-electron chi connectivity index (χ3n) is 1.70. The first kappa shape index (κ1) is 11.0. The summed E-state index contributed by atoms with van der Waals surface area (Å²) in [5.74, 6) is 1.89. The zero-order chi connectivity index (χ0) is 10.4. The molecule has 5 heteroatoms. The smallest absolute Gasteiger partial charge is 0.234 e. The Hall–Kier alpha value is -1.03. The number of anilines is 1. The third-order valence-corrected chi connectivity index (χ3v) is 1.87. The van der Waals surface area contributed by atoms with Crippen molar-refractivity contribution < 1.29 is 4.74 Å². The van der Waals surface area contributed by atoms with Gasteiger partial charge in [0.25, 0.3) is 0 Å². The van der Waals surface area contributed by atoms with Crippen molar-refractivity contribution in [2.75, 3.05) is 31.0 Å². The van der Waals surface area contributed by atoms with E-state index < -0.39 is 0 Å². The number of aromatic nitrogens is 2. The quantitative estimate of drug-likeness (QED) is 0.699. The summed E-state index contributed by atoms with van der Waals surface area (Å²) >= 11 is 5.63. The van der Waals surface area contributed by atoms with E-state index in [2.05, 4.69) is 9.97 Å². The van der Waals surface area contributed by atoms with Gasteiger partial charge in [-0.15, -0.1) is 11.6 Å². The van der Waals surface area contributed by atoms with E-state index in [1.54, 1.807) is 12.4 Å². The van der Waals surface area contributed by atoms with Crippen molar-refractivity contribution in [3.05, 3.63) is 12.4 Å². The molecule has 0 saturated heterocycles. The summed E-state index contributed by atoms with van der Waals surface area (Å²) in [6.45, 7) is 3.25. The van der Waals surface area contributed by atoms with E-state index in [4.69, 9.17) is 16.3 Å². The van der Waals surface area contributed by atoms with Gasteiger partial charge in [-0.25, -0.2) is 0 Å². The fourth-order valence-electron chi connectivity index (χ4n) is 0.981. The topological polar surface area (TPSA) is 38.2 Å². The van der Waals surface area contributed by atoms with Gasteiger partial charge in [0.1, 0.15) is 0 Å². The molecule has 0 N–H and O–H groups in total. The number of rotatable bonds is 5. The minimum atomic E-state index is 0.548. The molecule has 4 nitrogen and oxygen atoms in total. The van der Waals surface area contributed by atoms with Crippen molar-refractivity contribution >= 4 is 17.4 Å². The molecular formula is C9H14ClN3O. The maximum absolute atomic E-state index is 5.63. The molecule has 0 radical (unpaired) electrons. The molecule has 14 heavy (non-hydrogen) atoms. The van der Waals surface area contributed by atoms with Gasteiger partial charge in [0.05, 0.1) is 19.0 Å². The van der Waals surface area contributed by atoms with Crippen LogP contribution in [-0.4, -0.2) is 36.0 Å². The second-order valence-corrected chi connectivity index (χ2v) is 3.14. The first-order valence-corrected chi connectivity index (χ1v) is 5.03. The molecule has 0 atom stereocenters. The van der Waals surface area contributed by atoms with Crippen molar-refractivity contribution in [1.82, 2.24) is 9.97 Å². The van der Waals surface area contributed by atoms with Gasteiger partial charge in [-0.05, 0) is 6.92 Å². The van der Waals surface area contributed by atoms with E-state index in [-0.39, 0.29) is 0 Å². The zero-order valence-electron chi connectivity index (χ0n) is 8.40. The van der Waals surface area contributed by atoms with Crippen molar-refractivity contribution in [1.29, 1.82) is 0 Å². The van der Waals surface area contributed by atoms with Crippen molar-refractivity contribution in [2.24, 2.45) is 0 Å². The Balaban J connectivity index is 2.71. The number of hydrogen-bond donors (Lipinski definition) is 0. The Labute approximate surface area is 88.9 Å². The number of alkyl halides is 1. The molecule has 0 amide bonds. The molecule has 1 rings (SSSR count). The van der Waals surface area contributed by atoms with Gasteiger partial charge in [0.2, 0.25) is 5.88 Å². The van der Waals surface area contributed by atoms with Crippen LogP contribution in [0.15, 0.2) is 12.4 Å². The van der Waals surface area contributed by atoms with Gasteiger partial charge >= 0.3 is 0 Å². The third kappa shape index (κ3) is 3.03. The summed E-state index contributed by atoms with van der Waals surface area (Å²) < 4.78 is 5.24. The fourth-order valence-corrected chi connectivity index (χ4v) is 1.23. The number of ether oxygens (including phenoxy) is 1. The number of nitrogens with zero attached hydrogens (tertiary/aromatic N) is 3. The van der Waals surface area contributed by atoms with E-state index in [1.807, 2.05) is 18.9 Å². The predicted octanol–water partition coefficient (Wildman–Crippen LogP) is 1.55. The summed E-state index contributed by atoms with van der Waals surface area (Å²) in [7, 11) is 1.92. The molecule has 0 bridgehead atoms. The molecule has 0 unspecified atom stereocenters. The van der Waals surface area contributed by atoms with Crippen molar-refractivity contribution in [2.45, 2.75) is 6.92 Å². The van der Waals surface area contributed by atoms with Crippen LogP contribution in [0.3, 0.4) is 0 Å². The zero-order valence-corrected chi connectivity index (χ0v) is 9.16. The molecule has 78 valence electrons. The minimum absolute atomic E-state index is 0.548. The fraction of sp³-hybridized carbons (Fsp3) is 0.556. The lowest BCUT2D eigenvalue weighted by Gasteiger charge is -2.16. The van der Waals surface area contributed by atoms with E-state index in [0.29, 0.717) is 18.4 Å². The average Bonchev–Trinajstić information content (AvgIpc) is 2.19. The van der Waals surface area contributed by atoms with Crippen LogP contribution in [0.2, 0.25) is 0 Å². The van der Waals surface area contributed by atoms with Crippen LogP contribution < -0.4 is 9.64 Å². The van der Waals surface area contributed by atoms with Crippen LogP contribution >= 0.6 is 11.6 Å². The highest BCUT2D eigenvalue weighted by atomic mass is 35.5. The van der Waals surface area contributed by atoms with Crippen LogP contribution in [0.1, 0.15) is 6.92 Å². The Bertz CT molecular complexity index is 283. The normalized spacial score (nSPS) is 9.93. The highest BCUT2D eigenvalue weighted by Crippen LogP contribution is 2.12. The summed E-state index contributed by atoms with van der Waals surface area (Å²) in [5, 5.41) is 0. The average molecular weight is 216 g/mol. The highest BCUT2D eigenvalue weighted by molar-refractivity contribution is 6.18. The Morgan fingerprint density at radius 2 is 2.29 bits per heavy atom. The summed E-state index contributed by atoms with van der Waals surface area (Å²) in [6.07, 6.45) is 3.29. The molecule has 0 spiro atoms. The maximum Gasteiger partial charge on any atom is 0.234 e. The molecule has 0 aliphatic rings.